The van der Waals surface area contributed by atoms with Gasteiger partial charge in [-0.1, -0.05) is 0 Å². The molecule has 0 atom stereocenters. The second-order valence-electron chi connectivity index (χ2n) is 13.2. The minimum absolute atomic E-state index is 0.0214. The van der Waals surface area contributed by atoms with Gasteiger partial charge in [0.05, 0.1) is 17.4 Å². The Morgan fingerprint density at radius 3 is 2.40 bits per heavy atom. The monoisotopic (exact) mass is 595 g/mol. The van der Waals surface area contributed by atoms with Crippen molar-refractivity contribution in [1.29, 1.82) is 0 Å². The van der Waals surface area contributed by atoms with Crippen LogP contribution >= 0.6 is 0 Å². The van der Waals surface area contributed by atoms with Gasteiger partial charge in [-0.2, -0.15) is 0 Å². The number of likely N-dealkylation sites (tertiary alicyclic amines) is 1. The van der Waals surface area contributed by atoms with E-state index in [-0.39, 0.29) is 24.1 Å². The summed E-state index contributed by atoms with van der Waals surface area (Å²) in [5, 5.41) is 3.37. The van der Waals surface area contributed by atoms with Crippen molar-refractivity contribution >= 4 is 29.2 Å². The topological polar surface area (TPSA) is 117 Å². The number of rotatable bonds is 9. The van der Waals surface area contributed by atoms with Crippen molar-refractivity contribution in [3.05, 3.63) is 42.1 Å². The minimum Gasteiger partial charge on any atom is -0.446 e. The summed E-state index contributed by atoms with van der Waals surface area (Å²) in [4.78, 5) is 40.1. The third-order valence-electron chi connectivity index (χ3n) is 9.35. The number of nitrogens with two attached hydrogens (primary N) is 1. The van der Waals surface area contributed by atoms with Crippen LogP contribution in [0.15, 0.2) is 30.7 Å². The van der Waals surface area contributed by atoms with Gasteiger partial charge >= 0.3 is 6.09 Å². The van der Waals surface area contributed by atoms with E-state index in [1.54, 1.807) is 23.5 Å². The molecule has 234 valence electrons. The van der Waals surface area contributed by atoms with Crippen molar-refractivity contribution in [3.63, 3.8) is 0 Å². The molecule has 3 heterocycles. The summed E-state index contributed by atoms with van der Waals surface area (Å²) >= 11 is 0. The summed E-state index contributed by atoms with van der Waals surface area (Å²) in [6.45, 7) is 13.0. The lowest BCUT2D eigenvalue weighted by Gasteiger charge is -2.55. The molecule has 3 aliphatic rings. The number of primary amides is 1. The smallest absolute Gasteiger partial charge is 0.404 e. The third kappa shape index (κ3) is 7.20. The van der Waals surface area contributed by atoms with Crippen LogP contribution in [0, 0.1) is 17.2 Å². The average molecular weight is 596 g/mol. The first-order valence-corrected chi connectivity index (χ1v) is 15.7. The highest BCUT2D eigenvalue weighted by molar-refractivity contribution is 6.01. The molecule has 5 rings (SSSR count). The molecule has 2 amide bonds. The first kappa shape index (κ1) is 31.0. The number of benzene rings is 1. The largest absolute Gasteiger partial charge is 0.446 e. The predicted octanol–water partition coefficient (Wildman–Crippen LogP) is 5.17. The fourth-order valence-electron chi connectivity index (χ4n) is 7.32. The molecule has 43 heavy (non-hydrogen) atoms. The van der Waals surface area contributed by atoms with Gasteiger partial charge in [0.25, 0.3) is 5.91 Å². The van der Waals surface area contributed by atoms with E-state index in [9.17, 15) is 14.0 Å². The molecule has 2 aromatic rings. The van der Waals surface area contributed by atoms with Gasteiger partial charge in [0.1, 0.15) is 23.9 Å². The van der Waals surface area contributed by atoms with E-state index < -0.39 is 11.9 Å². The lowest BCUT2D eigenvalue weighted by molar-refractivity contribution is -0.0345. The normalized spacial score (nSPS) is 22.0. The van der Waals surface area contributed by atoms with E-state index in [2.05, 4.69) is 25.1 Å². The molecular weight excluding hydrogens is 549 g/mol. The summed E-state index contributed by atoms with van der Waals surface area (Å²) in [6, 6.07) is 4.23. The fourth-order valence-corrected chi connectivity index (χ4v) is 7.32. The zero-order valence-electron chi connectivity index (χ0n) is 25.9. The van der Waals surface area contributed by atoms with Gasteiger partial charge < -0.3 is 30.5 Å². The Morgan fingerprint density at radius 1 is 1.09 bits per heavy atom. The summed E-state index contributed by atoms with van der Waals surface area (Å²) in [5.41, 5.74) is 7.05. The van der Waals surface area contributed by atoms with Gasteiger partial charge in [0.15, 0.2) is 5.82 Å². The average Bonchev–Trinajstić information content (AvgIpc) is 2.94. The molecule has 2 saturated heterocycles. The molecule has 0 bridgehead atoms. The summed E-state index contributed by atoms with van der Waals surface area (Å²) in [7, 11) is 0. The van der Waals surface area contributed by atoms with Crippen LogP contribution in [0.1, 0.15) is 76.6 Å². The first-order valence-electron chi connectivity index (χ1n) is 15.7. The molecule has 3 fully saturated rings. The molecule has 1 aliphatic carbocycles. The number of nitrogens with zero attached hydrogens (tertiary/aromatic N) is 5. The van der Waals surface area contributed by atoms with E-state index >= 15 is 0 Å². The molecule has 1 spiro atoms. The Morgan fingerprint density at radius 2 is 1.77 bits per heavy atom. The van der Waals surface area contributed by atoms with Gasteiger partial charge in [-0.15, -0.1) is 0 Å². The zero-order valence-corrected chi connectivity index (χ0v) is 25.9. The van der Waals surface area contributed by atoms with E-state index in [4.69, 9.17) is 10.5 Å². The van der Waals surface area contributed by atoms with Gasteiger partial charge in [-0.3, -0.25) is 4.79 Å². The Bertz CT molecular complexity index is 1270. The van der Waals surface area contributed by atoms with Crippen molar-refractivity contribution in [2.75, 3.05) is 42.9 Å². The van der Waals surface area contributed by atoms with E-state index in [0.29, 0.717) is 28.3 Å². The Balaban J connectivity index is 1.19. The number of piperidine rings is 1. The van der Waals surface area contributed by atoms with Crippen LogP contribution in [0.4, 0.5) is 26.4 Å². The standard InChI is InChI=1S/C32H46FN7O3/c1-21(2)40(22(3)4)30(41)26-15-24(33)7-10-27(26)37-28-16-35-20-36-29(28)39-13-11-32(12-14-39)18-38(19-32)17-23-5-8-25(9-6-23)43-31(34)42/h7,10,15-16,20-23,25,37H,5-6,8-9,11-14,17-19H2,1-4H3,(H2,34,42). The number of carbonyl (C=O) groups excluding carboxylic acids is 2. The second kappa shape index (κ2) is 13.0. The van der Waals surface area contributed by atoms with Crippen LogP contribution in [-0.2, 0) is 4.74 Å². The molecule has 1 aromatic heterocycles. The maximum Gasteiger partial charge on any atom is 0.404 e. The van der Waals surface area contributed by atoms with E-state index in [1.807, 2.05) is 27.7 Å². The van der Waals surface area contributed by atoms with Gasteiger partial charge in [0.2, 0.25) is 0 Å². The lowest BCUT2D eigenvalue weighted by atomic mass is 9.71. The van der Waals surface area contributed by atoms with Crippen LogP contribution < -0.4 is 16.0 Å². The van der Waals surface area contributed by atoms with Crippen LogP contribution in [0.25, 0.3) is 0 Å². The summed E-state index contributed by atoms with van der Waals surface area (Å²) < 4.78 is 19.5. The molecule has 11 heteroatoms. The fraction of sp³-hybridized carbons (Fsp3) is 0.625. The van der Waals surface area contributed by atoms with Gasteiger partial charge in [-0.25, -0.2) is 19.2 Å². The van der Waals surface area contributed by atoms with Crippen LogP contribution in [0.5, 0.6) is 0 Å². The van der Waals surface area contributed by atoms with Crippen molar-refractivity contribution in [1.82, 2.24) is 19.8 Å². The highest BCUT2D eigenvalue weighted by Crippen LogP contribution is 2.43. The SMILES string of the molecule is CC(C)N(C(=O)c1cc(F)ccc1Nc1cncnc1N1CCC2(CC1)CN(CC1CCC(OC(N)=O)CC1)C2)C(C)C. The molecule has 10 nitrogen and oxygen atoms in total. The van der Waals surface area contributed by atoms with Crippen molar-refractivity contribution in [2.45, 2.75) is 84.4 Å². The highest BCUT2D eigenvalue weighted by Gasteiger charge is 2.45. The van der Waals surface area contributed by atoms with Crippen LogP contribution in [0.2, 0.25) is 0 Å². The van der Waals surface area contributed by atoms with Crippen molar-refractivity contribution in [3.8, 4) is 0 Å². The predicted molar refractivity (Wildman–Crippen MR) is 165 cm³/mol. The number of nitrogens with one attached hydrogen (secondary N) is 1. The molecule has 0 unspecified atom stereocenters. The van der Waals surface area contributed by atoms with Crippen LogP contribution in [-0.4, -0.2) is 82.7 Å². The number of halogens is 1. The summed E-state index contributed by atoms with van der Waals surface area (Å²) in [5.74, 6) is 0.776. The molecule has 0 radical (unpaired) electrons. The number of hydrogen-bond acceptors (Lipinski definition) is 8. The Hall–Kier alpha value is -3.47. The summed E-state index contributed by atoms with van der Waals surface area (Å²) in [6.07, 6.45) is 8.72. The Kier molecular flexibility index (Phi) is 9.39. The van der Waals surface area contributed by atoms with Gasteiger partial charge in [0, 0.05) is 44.8 Å². The second-order valence-corrected chi connectivity index (χ2v) is 13.2. The number of aromatic nitrogens is 2. The maximum atomic E-state index is 14.4. The van der Waals surface area contributed by atoms with Crippen molar-refractivity contribution in [2.24, 2.45) is 17.1 Å². The third-order valence-corrected chi connectivity index (χ3v) is 9.35. The maximum absolute atomic E-state index is 14.4. The molecular formula is C32H46FN7O3. The quantitative estimate of drug-likeness (QED) is 0.408. The zero-order chi connectivity index (χ0) is 30.7. The lowest BCUT2D eigenvalue weighted by Crippen LogP contribution is -2.61. The van der Waals surface area contributed by atoms with E-state index in [1.165, 1.54) is 12.1 Å². The van der Waals surface area contributed by atoms with E-state index in [0.717, 1.165) is 77.1 Å². The molecule has 2 aliphatic heterocycles. The molecule has 1 saturated carbocycles. The van der Waals surface area contributed by atoms with Crippen molar-refractivity contribution < 1.29 is 18.7 Å². The minimum atomic E-state index is -0.667. The molecule has 1 aromatic carbocycles. The number of anilines is 3. The molecule has 3 N–H and O–H groups in total. The first-order chi connectivity index (χ1) is 20.5. The number of hydrogen-bond donors (Lipinski definition) is 2. The number of ether oxygens (including phenoxy) is 1. The van der Waals surface area contributed by atoms with Crippen LogP contribution in [0.3, 0.4) is 0 Å². The Labute approximate surface area is 254 Å². The highest BCUT2D eigenvalue weighted by atomic mass is 19.1. The number of amides is 2. The number of carbonyl (C=O) groups is 2. The van der Waals surface area contributed by atoms with Gasteiger partial charge in [-0.05, 0) is 95.8 Å².